The van der Waals surface area contributed by atoms with Gasteiger partial charge in [-0.2, -0.15) is 0 Å². The highest BCUT2D eigenvalue weighted by molar-refractivity contribution is 6.17. The molecule has 1 aromatic rings. The maximum absolute atomic E-state index is 5.87. The molecular weight excluding hydrogens is 232 g/mol. The summed E-state index contributed by atoms with van der Waals surface area (Å²) >= 11 is 5.87. The van der Waals surface area contributed by atoms with Crippen molar-refractivity contribution in [2.45, 2.75) is 51.5 Å². The van der Waals surface area contributed by atoms with E-state index in [0.717, 1.165) is 23.6 Å². The SMILES string of the molecule is Cc1nc(N2CCCCCC2C)ccc1CCl. The van der Waals surface area contributed by atoms with Gasteiger partial charge in [0, 0.05) is 24.2 Å². The summed E-state index contributed by atoms with van der Waals surface area (Å²) in [6.45, 7) is 5.48. The lowest BCUT2D eigenvalue weighted by atomic mass is 10.1. The van der Waals surface area contributed by atoms with Crippen molar-refractivity contribution in [3.8, 4) is 0 Å². The minimum atomic E-state index is 0.550. The fraction of sp³-hybridized carbons (Fsp3) is 0.643. The molecule has 3 heteroatoms. The van der Waals surface area contributed by atoms with Crippen LogP contribution in [0.2, 0.25) is 0 Å². The standard InChI is InChI=1S/C14H21ClN2/c1-11-6-4-3-5-9-17(11)14-8-7-13(10-15)12(2)16-14/h7-8,11H,3-6,9-10H2,1-2H3. The highest BCUT2D eigenvalue weighted by Gasteiger charge is 2.18. The molecule has 1 fully saturated rings. The molecule has 2 heterocycles. The molecule has 17 heavy (non-hydrogen) atoms. The Hall–Kier alpha value is -0.760. The minimum absolute atomic E-state index is 0.550. The Kier molecular flexibility index (Phi) is 4.27. The number of nitrogens with zero attached hydrogens (tertiary/aromatic N) is 2. The first kappa shape index (κ1) is 12.7. The van der Waals surface area contributed by atoms with Crippen molar-refractivity contribution in [2.24, 2.45) is 0 Å². The van der Waals surface area contributed by atoms with E-state index in [0.29, 0.717) is 11.9 Å². The second-order valence-electron chi connectivity index (χ2n) is 4.94. The molecule has 1 saturated heterocycles. The summed E-state index contributed by atoms with van der Waals surface area (Å²) in [6, 6.07) is 4.83. The Morgan fingerprint density at radius 3 is 2.88 bits per heavy atom. The Balaban J connectivity index is 2.22. The van der Waals surface area contributed by atoms with Crippen molar-refractivity contribution < 1.29 is 0 Å². The number of halogens is 1. The number of aromatic nitrogens is 1. The number of pyridine rings is 1. The number of aryl methyl sites for hydroxylation is 1. The maximum Gasteiger partial charge on any atom is 0.129 e. The summed E-state index contributed by atoms with van der Waals surface area (Å²) in [5.74, 6) is 1.67. The van der Waals surface area contributed by atoms with Gasteiger partial charge in [-0.15, -0.1) is 11.6 Å². The third kappa shape index (κ3) is 2.92. The molecule has 0 saturated carbocycles. The van der Waals surface area contributed by atoms with Crippen LogP contribution in [0.3, 0.4) is 0 Å². The van der Waals surface area contributed by atoms with Gasteiger partial charge in [0.1, 0.15) is 5.82 Å². The van der Waals surface area contributed by atoms with E-state index in [1.807, 2.05) is 6.92 Å². The van der Waals surface area contributed by atoms with Crippen LogP contribution < -0.4 is 4.90 Å². The van der Waals surface area contributed by atoms with E-state index in [1.165, 1.54) is 25.7 Å². The molecule has 1 aliphatic heterocycles. The number of rotatable bonds is 2. The Morgan fingerprint density at radius 2 is 2.18 bits per heavy atom. The van der Waals surface area contributed by atoms with Gasteiger partial charge in [-0.1, -0.05) is 18.9 Å². The molecule has 1 aliphatic rings. The van der Waals surface area contributed by atoms with Crippen LogP contribution in [0.15, 0.2) is 12.1 Å². The Labute approximate surface area is 109 Å². The predicted octanol–water partition coefficient (Wildman–Crippen LogP) is 3.90. The van der Waals surface area contributed by atoms with Crippen LogP contribution in [0, 0.1) is 6.92 Å². The topological polar surface area (TPSA) is 16.1 Å². The van der Waals surface area contributed by atoms with Gasteiger partial charge < -0.3 is 4.90 Å². The van der Waals surface area contributed by atoms with Crippen molar-refractivity contribution in [1.29, 1.82) is 0 Å². The maximum atomic E-state index is 5.87. The van der Waals surface area contributed by atoms with Gasteiger partial charge in [-0.3, -0.25) is 0 Å². The fourth-order valence-corrected chi connectivity index (χ4v) is 2.78. The van der Waals surface area contributed by atoms with Crippen LogP contribution in [-0.4, -0.2) is 17.6 Å². The lowest BCUT2D eigenvalue weighted by Crippen LogP contribution is -2.33. The van der Waals surface area contributed by atoms with E-state index in [-0.39, 0.29) is 0 Å². The zero-order chi connectivity index (χ0) is 12.3. The molecule has 2 rings (SSSR count). The van der Waals surface area contributed by atoms with E-state index in [2.05, 4.69) is 24.0 Å². The molecule has 94 valence electrons. The van der Waals surface area contributed by atoms with Crippen molar-refractivity contribution in [3.05, 3.63) is 23.4 Å². The number of hydrogen-bond donors (Lipinski definition) is 0. The first-order valence-corrected chi connectivity index (χ1v) is 7.05. The molecule has 0 aromatic carbocycles. The highest BCUT2D eigenvalue weighted by Crippen LogP contribution is 2.23. The molecule has 0 radical (unpaired) electrons. The van der Waals surface area contributed by atoms with Gasteiger partial charge in [0.2, 0.25) is 0 Å². The molecule has 0 N–H and O–H groups in total. The van der Waals surface area contributed by atoms with Crippen LogP contribution in [0.4, 0.5) is 5.82 Å². The molecule has 1 unspecified atom stereocenters. The van der Waals surface area contributed by atoms with E-state index >= 15 is 0 Å². The van der Waals surface area contributed by atoms with E-state index in [9.17, 15) is 0 Å². The third-order valence-electron chi connectivity index (χ3n) is 3.67. The summed E-state index contributed by atoms with van der Waals surface area (Å²) in [7, 11) is 0. The molecule has 1 aromatic heterocycles. The summed E-state index contributed by atoms with van der Waals surface area (Å²) < 4.78 is 0. The Morgan fingerprint density at radius 1 is 1.35 bits per heavy atom. The molecule has 0 spiro atoms. The van der Waals surface area contributed by atoms with E-state index in [4.69, 9.17) is 16.6 Å². The third-order valence-corrected chi connectivity index (χ3v) is 3.96. The van der Waals surface area contributed by atoms with Crippen LogP contribution in [0.1, 0.15) is 43.9 Å². The van der Waals surface area contributed by atoms with Crippen LogP contribution in [-0.2, 0) is 5.88 Å². The molecule has 1 atom stereocenters. The van der Waals surface area contributed by atoms with Gasteiger partial charge in [0.15, 0.2) is 0 Å². The van der Waals surface area contributed by atoms with Crippen molar-refractivity contribution in [2.75, 3.05) is 11.4 Å². The lowest BCUT2D eigenvalue weighted by molar-refractivity contribution is 0.610. The molecular formula is C14H21ClN2. The summed E-state index contributed by atoms with van der Waals surface area (Å²) in [5.41, 5.74) is 2.20. The number of anilines is 1. The predicted molar refractivity (Wildman–Crippen MR) is 73.8 cm³/mol. The fourth-order valence-electron chi connectivity index (χ4n) is 2.49. The first-order chi connectivity index (χ1) is 8.22. The molecule has 0 aliphatic carbocycles. The molecule has 0 bridgehead atoms. The number of hydrogen-bond acceptors (Lipinski definition) is 2. The Bertz CT molecular complexity index is 378. The van der Waals surface area contributed by atoms with Crippen molar-refractivity contribution in [3.63, 3.8) is 0 Å². The minimum Gasteiger partial charge on any atom is -0.354 e. The summed E-state index contributed by atoms with van der Waals surface area (Å²) in [4.78, 5) is 7.14. The zero-order valence-electron chi connectivity index (χ0n) is 10.7. The first-order valence-electron chi connectivity index (χ1n) is 6.51. The quantitative estimate of drug-likeness (QED) is 0.743. The van der Waals surface area contributed by atoms with Gasteiger partial charge in [0.25, 0.3) is 0 Å². The van der Waals surface area contributed by atoms with Gasteiger partial charge in [-0.25, -0.2) is 4.98 Å². The monoisotopic (exact) mass is 252 g/mol. The highest BCUT2D eigenvalue weighted by atomic mass is 35.5. The summed E-state index contributed by atoms with van der Waals surface area (Å²) in [6.07, 6.45) is 5.25. The smallest absolute Gasteiger partial charge is 0.129 e. The van der Waals surface area contributed by atoms with Gasteiger partial charge >= 0.3 is 0 Å². The van der Waals surface area contributed by atoms with Gasteiger partial charge in [-0.05, 0) is 38.3 Å². The number of alkyl halides is 1. The lowest BCUT2D eigenvalue weighted by Gasteiger charge is -2.28. The van der Waals surface area contributed by atoms with Gasteiger partial charge in [0.05, 0.1) is 0 Å². The van der Waals surface area contributed by atoms with Crippen molar-refractivity contribution >= 4 is 17.4 Å². The normalized spacial score (nSPS) is 21.4. The zero-order valence-corrected chi connectivity index (χ0v) is 11.5. The largest absolute Gasteiger partial charge is 0.354 e. The van der Waals surface area contributed by atoms with E-state index in [1.54, 1.807) is 0 Å². The van der Waals surface area contributed by atoms with Crippen LogP contribution in [0.5, 0.6) is 0 Å². The molecule has 2 nitrogen and oxygen atoms in total. The summed E-state index contributed by atoms with van der Waals surface area (Å²) in [5, 5.41) is 0. The van der Waals surface area contributed by atoms with E-state index < -0.39 is 0 Å². The average molecular weight is 253 g/mol. The second kappa shape index (κ2) is 5.72. The molecule has 0 amide bonds. The van der Waals surface area contributed by atoms with Crippen LogP contribution >= 0.6 is 11.6 Å². The second-order valence-corrected chi connectivity index (χ2v) is 5.21. The van der Waals surface area contributed by atoms with Crippen molar-refractivity contribution in [1.82, 2.24) is 4.98 Å². The average Bonchev–Trinajstić information content (AvgIpc) is 2.54. The van der Waals surface area contributed by atoms with Crippen LogP contribution in [0.25, 0.3) is 0 Å².